The second kappa shape index (κ2) is 6.37. The number of fused-ring (bicyclic) bond motifs is 6. The molecule has 150 valence electrons. The standard InChI is InChI=1S/C22H20N6OS/c1-12-6-7-17-14(8-12)19-21-25-20(26-28(21)11-24-22(19)30-17)15-9-27(10-18(23)29)16-5-3-2-4-13(15)16/h2-5,9,11-12H,6-8,10H2,1H3,(H2,23,29). The lowest BCUT2D eigenvalue weighted by atomic mass is 9.89. The second-order valence-electron chi connectivity index (χ2n) is 8.13. The molecule has 5 aromatic rings. The van der Waals surface area contributed by atoms with Gasteiger partial charge in [0.15, 0.2) is 11.5 Å². The smallest absolute Gasteiger partial charge is 0.237 e. The Labute approximate surface area is 176 Å². The van der Waals surface area contributed by atoms with E-state index in [2.05, 4.69) is 11.9 Å². The Balaban J connectivity index is 1.59. The molecule has 6 rings (SSSR count). The summed E-state index contributed by atoms with van der Waals surface area (Å²) in [4.78, 5) is 23.6. The molecule has 0 bridgehead atoms. The normalized spacial score (nSPS) is 16.5. The first kappa shape index (κ1) is 17.6. The maximum Gasteiger partial charge on any atom is 0.237 e. The van der Waals surface area contributed by atoms with Crippen molar-refractivity contribution < 1.29 is 4.79 Å². The molecule has 4 aromatic heterocycles. The largest absolute Gasteiger partial charge is 0.368 e. The van der Waals surface area contributed by atoms with Gasteiger partial charge in [0.1, 0.15) is 17.7 Å². The molecule has 1 unspecified atom stereocenters. The predicted octanol–water partition coefficient (Wildman–Crippen LogP) is 3.57. The van der Waals surface area contributed by atoms with Gasteiger partial charge in [0.2, 0.25) is 5.91 Å². The van der Waals surface area contributed by atoms with Gasteiger partial charge in [0.25, 0.3) is 0 Å². The summed E-state index contributed by atoms with van der Waals surface area (Å²) in [5.41, 5.74) is 9.52. The molecule has 1 aliphatic rings. The highest BCUT2D eigenvalue weighted by molar-refractivity contribution is 7.19. The van der Waals surface area contributed by atoms with Crippen LogP contribution in [0.25, 0.3) is 38.2 Å². The molecule has 1 aromatic carbocycles. The van der Waals surface area contributed by atoms with Crippen LogP contribution in [0.1, 0.15) is 23.8 Å². The first-order chi connectivity index (χ1) is 14.6. The Kier molecular flexibility index (Phi) is 3.73. The highest BCUT2D eigenvalue weighted by Gasteiger charge is 2.24. The average Bonchev–Trinajstić information content (AvgIpc) is 3.40. The SMILES string of the molecule is CC1CCc2sc3ncn4nc(-c5cn(CC(N)=O)c6ccccc56)nc4c3c2C1. The van der Waals surface area contributed by atoms with Crippen molar-refractivity contribution in [1.29, 1.82) is 0 Å². The highest BCUT2D eigenvalue weighted by Crippen LogP contribution is 2.39. The van der Waals surface area contributed by atoms with Crippen molar-refractivity contribution >= 4 is 44.0 Å². The Morgan fingerprint density at radius 1 is 1.33 bits per heavy atom. The number of rotatable bonds is 3. The summed E-state index contributed by atoms with van der Waals surface area (Å²) < 4.78 is 3.64. The van der Waals surface area contributed by atoms with Crippen LogP contribution in [0.15, 0.2) is 36.8 Å². The fourth-order valence-electron chi connectivity index (χ4n) is 4.58. The number of hydrogen-bond donors (Lipinski definition) is 1. The topological polar surface area (TPSA) is 91.1 Å². The summed E-state index contributed by atoms with van der Waals surface area (Å²) >= 11 is 1.79. The van der Waals surface area contributed by atoms with E-state index >= 15 is 0 Å². The van der Waals surface area contributed by atoms with Crippen molar-refractivity contribution in [2.45, 2.75) is 32.7 Å². The molecular formula is C22H20N6OS. The number of carbonyl (C=O) groups excluding carboxylic acids is 1. The van der Waals surface area contributed by atoms with Crippen molar-refractivity contribution in [2.75, 3.05) is 0 Å². The number of nitrogens with two attached hydrogens (primary N) is 1. The van der Waals surface area contributed by atoms with Crippen LogP contribution >= 0.6 is 11.3 Å². The summed E-state index contributed by atoms with van der Waals surface area (Å²) in [6, 6.07) is 7.93. The van der Waals surface area contributed by atoms with Gasteiger partial charge in [-0.1, -0.05) is 25.1 Å². The summed E-state index contributed by atoms with van der Waals surface area (Å²) in [5, 5.41) is 6.88. The molecule has 30 heavy (non-hydrogen) atoms. The number of hydrogen-bond acceptors (Lipinski definition) is 5. The number of aromatic nitrogens is 5. The first-order valence-electron chi connectivity index (χ1n) is 10.1. The third-order valence-corrected chi connectivity index (χ3v) is 7.18. The Morgan fingerprint density at radius 3 is 3.07 bits per heavy atom. The van der Waals surface area contributed by atoms with Gasteiger partial charge in [-0.3, -0.25) is 4.79 Å². The van der Waals surface area contributed by atoms with E-state index in [9.17, 15) is 4.79 Å². The van der Waals surface area contributed by atoms with Crippen LogP contribution in [0.5, 0.6) is 0 Å². The number of nitrogens with zero attached hydrogens (tertiary/aromatic N) is 5. The van der Waals surface area contributed by atoms with Crippen LogP contribution in [0.4, 0.5) is 0 Å². The van der Waals surface area contributed by atoms with Gasteiger partial charge in [-0.25, -0.2) is 14.5 Å². The number of thiophene rings is 1. The average molecular weight is 417 g/mol. The molecule has 4 heterocycles. The number of aryl methyl sites for hydroxylation is 1. The van der Waals surface area contributed by atoms with Gasteiger partial charge >= 0.3 is 0 Å². The van der Waals surface area contributed by atoms with Crippen molar-refractivity contribution in [1.82, 2.24) is 24.1 Å². The predicted molar refractivity (Wildman–Crippen MR) is 117 cm³/mol. The second-order valence-corrected chi connectivity index (χ2v) is 9.22. The molecule has 0 saturated heterocycles. The zero-order valence-electron chi connectivity index (χ0n) is 16.5. The third-order valence-electron chi connectivity index (χ3n) is 5.98. The number of carbonyl (C=O) groups is 1. The third kappa shape index (κ3) is 2.56. The number of benzene rings is 1. The maximum absolute atomic E-state index is 11.5. The fourth-order valence-corrected chi connectivity index (χ4v) is 5.76. The van der Waals surface area contributed by atoms with Crippen molar-refractivity contribution in [3.05, 3.63) is 47.2 Å². The van der Waals surface area contributed by atoms with Crippen LogP contribution in [0, 0.1) is 5.92 Å². The quantitative estimate of drug-likeness (QED) is 0.487. The van der Waals surface area contributed by atoms with Crippen LogP contribution in [0.3, 0.4) is 0 Å². The van der Waals surface area contributed by atoms with Crippen molar-refractivity contribution in [2.24, 2.45) is 11.7 Å². The lowest BCUT2D eigenvalue weighted by molar-refractivity contribution is -0.118. The van der Waals surface area contributed by atoms with Gasteiger partial charge in [-0.05, 0) is 36.8 Å². The molecule has 0 spiro atoms. The van der Waals surface area contributed by atoms with E-state index < -0.39 is 0 Å². The zero-order valence-corrected chi connectivity index (χ0v) is 17.3. The Bertz CT molecular complexity index is 1460. The lowest BCUT2D eigenvalue weighted by Crippen LogP contribution is -2.17. The van der Waals surface area contributed by atoms with Crippen LogP contribution in [-0.4, -0.2) is 30.1 Å². The van der Waals surface area contributed by atoms with E-state index in [0.29, 0.717) is 11.7 Å². The summed E-state index contributed by atoms with van der Waals surface area (Å²) in [6.07, 6.45) is 7.08. The van der Waals surface area contributed by atoms with Crippen LogP contribution in [-0.2, 0) is 24.2 Å². The lowest BCUT2D eigenvalue weighted by Gasteiger charge is -2.17. The minimum absolute atomic E-state index is 0.121. The Morgan fingerprint density at radius 2 is 2.20 bits per heavy atom. The van der Waals surface area contributed by atoms with E-state index in [1.807, 2.05) is 35.0 Å². The van der Waals surface area contributed by atoms with E-state index in [0.717, 1.165) is 45.2 Å². The van der Waals surface area contributed by atoms with E-state index in [1.54, 1.807) is 22.2 Å². The molecule has 0 fully saturated rings. The molecule has 0 saturated carbocycles. The van der Waals surface area contributed by atoms with Gasteiger partial charge in [-0.15, -0.1) is 16.4 Å². The summed E-state index contributed by atoms with van der Waals surface area (Å²) in [6.45, 7) is 2.43. The monoisotopic (exact) mass is 416 g/mol. The minimum atomic E-state index is -0.379. The highest BCUT2D eigenvalue weighted by atomic mass is 32.1. The molecule has 2 N–H and O–H groups in total. The maximum atomic E-state index is 11.5. The van der Waals surface area contributed by atoms with E-state index in [4.69, 9.17) is 15.8 Å². The van der Waals surface area contributed by atoms with E-state index in [-0.39, 0.29) is 12.5 Å². The van der Waals surface area contributed by atoms with Gasteiger partial charge in [-0.2, -0.15) is 0 Å². The molecule has 0 aliphatic heterocycles. The summed E-state index contributed by atoms with van der Waals surface area (Å²) in [7, 11) is 0. The molecule has 1 amide bonds. The Hall–Kier alpha value is -3.26. The van der Waals surface area contributed by atoms with Gasteiger partial charge < -0.3 is 10.3 Å². The first-order valence-corrected chi connectivity index (χ1v) is 10.9. The zero-order chi connectivity index (χ0) is 20.4. The van der Waals surface area contributed by atoms with Crippen molar-refractivity contribution in [3.63, 3.8) is 0 Å². The molecule has 7 nitrogen and oxygen atoms in total. The van der Waals surface area contributed by atoms with Crippen molar-refractivity contribution in [3.8, 4) is 11.4 Å². The molecular weight excluding hydrogens is 396 g/mol. The molecule has 1 atom stereocenters. The molecule has 8 heteroatoms. The minimum Gasteiger partial charge on any atom is -0.368 e. The number of para-hydroxylation sites is 1. The molecule has 1 aliphatic carbocycles. The summed E-state index contributed by atoms with van der Waals surface area (Å²) in [5.74, 6) is 0.924. The van der Waals surface area contributed by atoms with Crippen LogP contribution < -0.4 is 5.73 Å². The van der Waals surface area contributed by atoms with Crippen LogP contribution in [0.2, 0.25) is 0 Å². The van der Waals surface area contributed by atoms with E-state index in [1.165, 1.54) is 16.9 Å². The van der Waals surface area contributed by atoms with Gasteiger partial charge in [0.05, 0.1) is 5.39 Å². The number of primary amides is 1. The fraction of sp³-hybridized carbons (Fsp3) is 0.273. The van der Waals surface area contributed by atoms with Gasteiger partial charge in [0, 0.05) is 27.5 Å². The molecule has 0 radical (unpaired) electrons. The number of amides is 1.